The van der Waals surface area contributed by atoms with Gasteiger partial charge in [-0.1, -0.05) is 83.7 Å². The maximum Gasteiger partial charge on any atom is 0.167 e. The molecule has 1 N–H and O–H groups in total. The number of fused-ring (bicyclic) bond motifs is 6. The summed E-state index contributed by atoms with van der Waals surface area (Å²) in [5.41, 5.74) is 5.39. The summed E-state index contributed by atoms with van der Waals surface area (Å²) in [6, 6.07) is 33.5. The van der Waals surface area contributed by atoms with Crippen molar-refractivity contribution in [3.8, 4) is 45.6 Å². The number of rotatable bonds is 4. The van der Waals surface area contributed by atoms with Gasteiger partial charge in [-0.05, 0) is 30.3 Å². The number of furan rings is 1. The highest BCUT2D eigenvalue weighted by Gasteiger charge is 2.23. The van der Waals surface area contributed by atoms with Crippen molar-refractivity contribution in [1.29, 1.82) is 0 Å². The van der Waals surface area contributed by atoms with Crippen molar-refractivity contribution < 1.29 is 9.52 Å². The molecule has 9 rings (SSSR count). The summed E-state index contributed by atoms with van der Waals surface area (Å²) in [4.78, 5) is 19.3. The highest BCUT2D eigenvalue weighted by atomic mass is 16.3. The number of aromatic nitrogens is 5. The van der Waals surface area contributed by atoms with Gasteiger partial charge in [-0.25, -0.2) is 19.9 Å². The molecule has 0 aliphatic rings. The molecule has 0 saturated carbocycles. The number of pyridine rings is 1. The van der Waals surface area contributed by atoms with E-state index in [2.05, 4.69) is 22.8 Å². The van der Waals surface area contributed by atoms with Gasteiger partial charge in [0.05, 0.1) is 16.8 Å². The van der Waals surface area contributed by atoms with Crippen LogP contribution < -0.4 is 21.9 Å². The van der Waals surface area contributed by atoms with E-state index in [-0.39, 0.29) is 39.0 Å². The molecule has 0 unspecified atom stereocenters. The molecule has 0 fully saturated rings. The SMILES string of the molecule is [B]c1c([B])c([B])c(-c2nc(-c3ccccc3)nc(-c3cccc4oc5c(-n6c7ccccc7c7cccnc76)cccc5c34)n2)c(O)c1[B]. The van der Waals surface area contributed by atoms with Gasteiger partial charge >= 0.3 is 0 Å². The largest absolute Gasteiger partial charge is 0.508 e. The van der Waals surface area contributed by atoms with Crippen molar-refractivity contribution in [3.63, 3.8) is 0 Å². The van der Waals surface area contributed by atoms with Crippen LogP contribution >= 0.6 is 0 Å². The van der Waals surface area contributed by atoms with E-state index in [1.807, 2.05) is 84.9 Å². The first-order valence-electron chi connectivity index (χ1n) is 15.5. The van der Waals surface area contributed by atoms with Crippen LogP contribution in [0.5, 0.6) is 5.75 Å². The lowest BCUT2D eigenvalue weighted by molar-refractivity contribution is 0.482. The van der Waals surface area contributed by atoms with Crippen LogP contribution in [0.25, 0.3) is 83.7 Å². The van der Waals surface area contributed by atoms with Crippen LogP contribution in [-0.4, -0.2) is 61.0 Å². The molecular weight excluding hydrogens is 602 g/mol. The number of phenolic OH excluding ortho intramolecular Hbond substituents is 1. The van der Waals surface area contributed by atoms with Crippen molar-refractivity contribution in [2.24, 2.45) is 0 Å². The van der Waals surface area contributed by atoms with Gasteiger partial charge in [0.1, 0.15) is 48.4 Å². The Morgan fingerprint density at radius 2 is 1.29 bits per heavy atom. The monoisotopic (exact) mass is 621 g/mol. The van der Waals surface area contributed by atoms with Gasteiger partial charge in [0.25, 0.3) is 0 Å². The van der Waals surface area contributed by atoms with Crippen molar-refractivity contribution in [2.75, 3.05) is 0 Å². The lowest BCUT2D eigenvalue weighted by atomic mass is 9.65. The third-order valence-corrected chi connectivity index (χ3v) is 8.94. The van der Waals surface area contributed by atoms with Crippen LogP contribution in [0.15, 0.2) is 114 Å². The second-order valence-electron chi connectivity index (χ2n) is 11.7. The van der Waals surface area contributed by atoms with Crippen molar-refractivity contribution in [1.82, 2.24) is 24.5 Å². The van der Waals surface area contributed by atoms with Crippen LogP contribution in [0.4, 0.5) is 0 Å². The Morgan fingerprint density at radius 3 is 2.14 bits per heavy atom. The van der Waals surface area contributed by atoms with Crippen molar-refractivity contribution >= 4 is 97.1 Å². The quantitative estimate of drug-likeness (QED) is 0.298. The Morgan fingerprint density at radius 1 is 0.592 bits per heavy atom. The van der Waals surface area contributed by atoms with E-state index in [4.69, 9.17) is 55.7 Å². The fraction of sp³-hybridized carbons (Fsp3) is 0. The fourth-order valence-electron chi connectivity index (χ4n) is 6.60. The predicted molar refractivity (Wildman–Crippen MR) is 199 cm³/mol. The number of phenols is 1. The smallest absolute Gasteiger partial charge is 0.167 e. The van der Waals surface area contributed by atoms with Gasteiger partial charge in [-0.3, -0.25) is 4.57 Å². The standard InChI is InChI=1S/C38H19B4N5O2/c39-29-28(33(48)32(42)31(41)30(29)40)37-45-35(19-9-2-1-3-10-19)44-36(46-37)23-13-7-17-26-27(23)22-12-6-16-25(34(22)49-26)47-24-15-5-4-11-20(24)21-14-8-18-43-38(21)47/h1-18,48H. The van der Waals surface area contributed by atoms with E-state index in [9.17, 15) is 5.11 Å². The first-order valence-corrected chi connectivity index (χ1v) is 15.5. The molecule has 0 spiro atoms. The first kappa shape index (κ1) is 29.1. The summed E-state index contributed by atoms with van der Waals surface area (Å²) < 4.78 is 8.78. The number of para-hydroxylation sites is 2. The number of aromatic hydroxyl groups is 1. The number of hydrogen-bond acceptors (Lipinski definition) is 6. The Hall–Kier alpha value is -6.08. The van der Waals surface area contributed by atoms with E-state index in [1.54, 1.807) is 6.20 Å². The average Bonchev–Trinajstić information content (AvgIpc) is 3.70. The molecule has 8 radical (unpaired) electrons. The predicted octanol–water partition coefficient (Wildman–Crippen LogP) is 4.14. The number of nitrogens with zero attached hydrogens (tertiary/aromatic N) is 5. The third kappa shape index (κ3) is 4.35. The molecular formula is C38H19B4N5O2. The summed E-state index contributed by atoms with van der Waals surface area (Å²) in [6.07, 6.45) is 1.80. The lowest BCUT2D eigenvalue weighted by Crippen LogP contribution is -2.48. The fourth-order valence-corrected chi connectivity index (χ4v) is 6.60. The van der Waals surface area contributed by atoms with Gasteiger partial charge in [0.2, 0.25) is 0 Å². The second kappa shape index (κ2) is 11.0. The zero-order valence-corrected chi connectivity index (χ0v) is 25.8. The summed E-state index contributed by atoms with van der Waals surface area (Å²) in [5, 5.41) is 14.9. The molecule has 0 atom stereocenters. The number of benzene rings is 5. The maximum atomic E-state index is 11.1. The van der Waals surface area contributed by atoms with Gasteiger partial charge in [-0.2, -0.15) is 0 Å². The first-order chi connectivity index (χ1) is 23.9. The summed E-state index contributed by atoms with van der Waals surface area (Å²) in [5.74, 6) is 0.403. The molecule has 0 aliphatic heterocycles. The highest BCUT2D eigenvalue weighted by molar-refractivity contribution is 6.64. The van der Waals surface area contributed by atoms with Crippen molar-refractivity contribution in [2.45, 2.75) is 0 Å². The van der Waals surface area contributed by atoms with E-state index < -0.39 is 0 Å². The van der Waals surface area contributed by atoms with Gasteiger partial charge < -0.3 is 9.52 Å². The minimum absolute atomic E-state index is 0.0109. The molecule has 0 aliphatic carbocycles. The van der Waals surface area contributed by atoms with Crippen molar-refractivity contribution in [3.05, 3.63) is 109 Å². The highest BCUT2D eigenvalue weighted by Crippen LogP contribution is 2.40. The molecule has 9 aromatic rings. The van der Waals surface area contributed by atoms with E-state index in [0.717, 1.165) is 44.0 Å². The Bertz CT molecular complexity index is 2710. The zero-order valence-electron chi connectivity index (χ0n) is 25.8. The Labute approximate surface area is 285 Å². The molecule has 220 valence electrons. The molecule has 0 amide bonds. The Kier molecular flexibility index (Phi) is 6.52. The molecule has 5 aromatic carbocycles. The molecule has 0 saturated heterocycles. The lowest BCUT2D eigenvalue weighted by Gasteiger charge is -2.19. The summed E-state index contributed by atoms with van der Waals surface area (Å²) in [6.45, 7) is 0. The molecule has 4 heterocycles. The maximum absolute atomic E-state index is 11.1. The normalized spacial score (nSPS) is 11.7. The van der Waals surface area contributed by atoms with Crippen LogP contribution in [0.2, 0.25) is 0 Å². The summed E-state index contributed by atoms with van der Waals surface area (Å²) in [7, 11) is 24.8. The van der Waals surface area contributed by atoms with E-state index in [1.165, 1.54) is 0 Å². The zero-order chi connectivity index (χ0) is 33.4. The molecule has 4 aromatic heterocycles. The average molecular weight is 621 g/mol. The molecule has 49 heavy (non-hydrogen) atoms. The molecule has 0 bridgehead atoms. The van der Waals surface area contributed by atoms with Crippen LogP contribution in [-0.2, 0) is 0 Å². The second-order valence-corrected chi connectivity index (χ2v) is 11.7. The third-order valence-electron chi connectivity index (χ3n) is 8.94. The van der Waals surface area contributed by atoms with E-state index in [0.29, 0.717) is 28.4 Å². The number of hydrogen-bond donors (Lipinski definition) is 1. The summed E-state index contributed by atoms with van der Waals surface area (Å²) >= 11 is 0. The molecule has 7 nitrogen and oxygen atoms in total. The molecule has 11 heteroatoms. The van der Waals surface area contributed by atoms with Gasteiger partial charge in [0, 0.05) is 38.9 Å². The van der Waals surface area contributed by atoms with Crippen LogP contribution in [0.3, 0.4) is 0 Å². The Balaban J connectivity index is 1.33. The van der Waals surface area contributed by atoms with Gasteiger partial charge in [0.15, 0.2) is 23.1 Å². The van der Waals surface area contributed by atoms with Crippen LogP contribution in [0, 0.1) is 0 Å². The minimum Gasteiger partial charge on any atom is -0.508 e. The van der Waals surface area contributed by atoms with Gasteiger partial charge in [-0.15, -0.1) is 10.9 Å². The van der Waals surface area contributed by atoms with E-state index >= 15 is 0 Å². The topological polar surface area (TPSA) is 89.9 Å². The minimum atomic E-state index is -0.364. The van der Waals surface area contributed by atoms with Crippen LogP contribution in [0.1, 0.15) is 0 Å².